The van der Waals surface area contributed by atoms with Gasteiger partial charge in [-0.15, -0.1) is 0 Å². The van der Waals surface area contributed by atoms with Gasteiger partial charge in [-0.25, -0.2) is 24.4 Å². The number of nitriles is 1. The summed E-state index contributed by atoms with van der Waals surface area (Å²) in [5, 5.41) is 22.2. The van der Waals surface area contributed by atoms with Gasteiger partial charge >= 0.3 is 17.9 Å². The first-order valence-corrected chi connectivity index (χ1v) is 15.3. The molecular formula is C33H38BrN7O6. The van der Waals surface area contributed by atoms with E-state index in [9.17, 15) is 25.0 Å². The summed E-state index contributed by atoms with van der Waals surface area (Å²) in [6.07, 6.45) is 1.08. The lowest BCUT2D eigenvalue weighted by Gasteiger charge is -2.30. The lowest BCUT2D eigenvalue weighted by molar-refractivity contribution is -0.384. The fourth-order valence-corrected chi connectivity index (χ4v) is 5.04. The number of carbonyl (C=O) groups excluding carboxylic acids is 2. The SMILES string of the molecule is Cc1cc(Br)cc(C)c1N(C(=O)OC(C)(C)C)c1nc(N(C(=O)OC(C)(C)C)c2ccc(C#N)cc2)nc(/C=C/N(C)C)c1[N+](=O)[O-]. The lowest BCUT2D eigenvalue weighted by Crippen LogP contribution is -2.37. The van der Waals surface area contributed by atoms with Crippen molar-refractivity contribution in [1.29, 1.82) is 5.26 Å². The first-order valence-electron chi connectivity index (χ1n) is 14.5. The first-order chi connectivity index (χ1) is 21.7. The summed E-state index contributed by atoms with van der Waals surface area (Å²) in [5.41, 5.74) is -0.758. The van der Waals surface area contributed by atoms with Crippen LogP contribution >= 0.6 is 15.9 Å². The number of hydrogen-bond donors (Lipinski definition) is 0. The Hall–Kier alpha value is -5.03. The zero-order valence-corrected chi connectivity index (χ0v) is 29.7. The summed E-state index contributed by atoms with van der Waals surface area (Å²) in [6.45, 7) is 13.5. The van der Waals surface area contributed by atoms with Gasteiger partial charge in [0.15, 0.2) is 5.69 Å². The smallest absolute Gasteiger partial charge is 0.421 e. The number of ether oxygens (including phenoxy) is 2. The largest absolute Gasteiger partial charge is 0.443 e. The summed E-state index contributed by atoms with van der Waals surface area (Å²) in [4.78, 5) is 52.8. The maximum absolute atomic E-state index is 14.1. The van der Waals surface area contributed by atoms with Crippen LogP contribution in [0.15, 0.2) is 47.1 Å². The molecule has 2 aromatic carbocycles. The molecule has 248 valence electrons. The van der Waals surface area contributed by atoms with Crippen LogP contribution in [0.25, 0.3) is 6.08 Å². The van der Waals surface area contributed by atoms with Gasteiger partial charge in [0.1, 0.15) is 11.2 Å². The zero-order chi connectivity index (χ0) is 35.4. The van der Waals surface area contributed by atoms with E-state index in [0.29, 0.717) is 22.4 Å². The molecule has 0 atom stereocenters. The highest BCUT2D eigenvalue weighted by Crippen LogP contribution is 2.41. The van der Waals surface area contributed by atoms with E-state index in [2.05, 4.69) is 25.9 Å². The van der Waals surface area contributed by atoms with Crippen LogP contribution in [-0.4, -0.2) is 57.3 Å². The van der Waals surface area contributed by atoms with Crippen molar-refractivity contribution < 1.29 is 24.0 Å². The third-order valence-electron chi connectivity index (χ3n) is 6.09. The van der Waals surface area contributed by atoms with Gasteiger partial charge in [0.25, 0.3) is 0 Å². The molecule has 3 rings (SSSR count). The number of aromatic nitrogens is 2. The molecule has 0 fully saturated rings. The summed E-state index contributed by atoms with van der Waals surface area (Å²) in [6, 6.07) is 11.5. The molecule has 0 unspecified atom stereocenters. The minimum Gasteiger partial charge on any atom is -0.443 e. The fourth-order valence-electron chi connectivity index (χ4n) is 4.36. The Bertz CT molecular complexity index is 1730. The summed E-state index contributed by atoms with van der Waals surface area (Å²) >= 11 is 3.47. The zero-order valence-electron chi connectivity index (χ0n) is 28.1. The van der Waals surface area contributed by atoms with Crippen molar-refractivity contribution in [3.63, 3.8) is 0 Å². The highest BCUT2D eigenvalue weighted by Gasteiger charge is 2.38. The van der Waals surface area contributed by atoms with Crippen LogP contribution in [0.5, 0.6) is 0 Å². The highest BCUT2D eigenvalue weighted by atomic mass is 79.9. The van der Waals surface area contributed by atoms with Crippen LogP contribution in [0, 0.1) is 35.3 Å². The van der Waals surface area contributed by atoms with E-state index in [1.165, 1.54) is 36.5 Å². The average Bonchev–Trinajstić information content (AvgIpc) is 2.91. The van der Waals surface area contributed by atoms with Crippen LogP contribution in [0.2, 0.25) is 0 Å². The number of nitrogens with zero attached hydrogens (tertiary/aromatic N) is 7. The maximum atomic E-state index is 14.1. The van der Waals surface area contributed by atoms with Crippen molar-refractivity contribution >= 4 is 63.0 Å². The molecule has 0 radical (unpaired) electrons. The van der Waals surface area contributed by atoms with Crippen molar-refractivity contribution in [3.05, 3.63) is 79.6 Å². The van der Waals surface area contributed by atoms with Gasteiger partial charge in [0.05, 0.1) is 27.9 Å². The normalized spacial score (nSPS) is 11.5. The molecule has 0 spiro atoms. The molecule has 2 amide bonds. The minimum absolute atomic E-state index is 0.202. The molecule has 0 saturated heterocycles. The fraction of sp³-hybridized carbons (Fsp3) is 0.364. The van der Waals surface area contributed by atoms with Crippen LogP contribution in [0.4, 0.5) is 38.4 Å². The standard InChI is InChI=1S/C33H38BrN7O6/c1-20-17-23(34)18-21(2)26(20)40(31(43)47-33(6,7)8)28-27(41(44)45)25(15-16-38(9)10)36-29(37-28)39(30(42)46-32(3,4)5)24-13-11-22(19-35)12-14-24/h11-18H,1-10H3/b16-15+. The number of hydrogen-bond acceptors (Lipinski definition) is 10. The Morgan fingerprint density at radius 2 is 1.45 bits per heavy atom. The number of carbonyl (C=O) groups is 2. The Kier molecular flexibility index (Phi) is 11.0. The van der Waals surface area contributed by atoms with Crippen LogP contribution in [-0.2, 0) is 9.47 Å². The molecule has 1 heterocycles. The van der Waals surface area contributed by atoms with E-state index in [-0.39, 0.29) is 17.3 Å². The molecule has 0 saturated carbocycles. The van der Waals surface area contributed by atoms with Crippen molar-refractivity contribution in [2.24, 2.45) is 0 Å². The predicted molar refractivity (Wildman–Crippen MR) is 183 cm³/mol. The minimum atomic E-state index is -0.990. The second-order valence-electron chi connectivity index (χ2n) is 12.8. The quantitative estimate of drug-likeness (QED) is 0.173. The van der Waals surface area contributed by atoms with E-state index >= 15 is 0 Å². The first kappa shape index (κ1) is 36.4. The topological polar surface area (TPSA) is 155 Å². The Morgan fingerprint density at radius 1 is 0.936 bits per heavy atom. The Balaban J connectivity index is 2.55. The van der Waals surface area contributed by atoms with E-state index in [0.717, 1.165) is 14.3 Å². The second-order valence-corrected chi connectivity index (χ2v) is 13.7. The Morgan fingerprint density at radius 3 is 1.89 bits per heavy atom. The van der Waals surface area contributed by atoms with Gasteiger partial charge in [-0.05, 0) is 109 Å². The monoisotopic (exact) mass is 707 g/mol. The van der Waals surface area contributed by atoms with Crippen molar-refractivity contribution in [1.82, 2.24) is 14.9 Å². The van der Waals surface area contributed by atoms with E-state index < -0.39 is 39.8 Å². The van der Waals surface area contributed by atoms with Crippen LogP contribution in [0.1, 0.15) is 63.9 Å². The molecule has 3 aromatic rings. The maximum Gasteiger partial charge on any atom is 0.421 e. The molecule has 47 heavy (non-hydrogen) atoms. The third-order valence-corrected chi connectivity index (χ3v) is 6.55. The van der Waals surface area contributed by atoms with E-state index in [1.54, 1.807) is 86.5 Å². The molecule has 0 aliphatic carbocycles. The number of benzene rings is 2. The van der Waals surface area contributed by atoms with E-state index in [1.807, 2.05) is 6.07 Å². The molecule has 0 aliphatic heterocycles. The van der Waals surface area contributed by atoms with Gasteiger partial charge < -0.3 is 14.4 Å². The number of halogens is 1. The van der Waals surface area contributed by atoms with Gasteiger partial charge in [0, 0.05) is 24.8 Å². The van der Waals surface area contributed by atoms with Gasteiger partial charge in [-0.2, -0.15) is 10.2 Å². The van der Waals surface area contributed by atoms with Gasteiger partial charge in [-0.3, -0.25) is 10.1 Å². The number of amides is 2. The lowest BCUT2D eigenvalue weighted by atomic mass is 10.1. The molecular weight excluding hydrogens is 670 g/mol. The molecule has 13 nitrogen and oxygen atoms in total. The molecule has 0 bridgehead atoms. The molecule has 0 N–H and O–H groups in total. The average molecular weight is 709 g/mol. The van der Waals surface area contributed by atoms with Gasteiger partial charge in [-0.1, -0.05) is 15.9 Å². The third kappa shape index (κ3) is 9.26. The van der Waals surface area contributed by atoms with Crippen LogP contribution < -0.4 is 9.80 Å². The number of anilines is 4. The predicted octanol–water partition coefficient (Wildman–Crippen LogP) is 8.31. The van der Waals surface area contributed by atoms with Crippen LogP contribution in [0.3, 0.4) is 0 Å². The van der Waals surface area contributed by atoms with Crippen molar-refractivity contribution in [2.75, 3.05) is 23.9 Å². The Labute approximate surface area is 282 Å². The molecule has 0 aliphatic rings. The number of aryl methyl sites for hydroxylation is 2. The number of nitro groups is 1. The highest BCUT2D eigenvalue weighted by molar-refractivity contribution is 9.10. The van der Waals surface area contributed by atoms with Crippen molar-refractivity contribution in [3.8, 4) is 6.07 Å². The van der Waals surface area contributed by atoms with E-state index in [4.69, 9.17) is 9.47 Å². The molecule has 14 heteroatoms. The van der Waals surface area contributed by atoms with Crippen molar-refractivity contribution in [2.45, 2.75) is 66.6 Å². The number of rotatable bonds is 7. The molecule has 1 aromatic heterocycles. The second kappa shape index (κ2) is 14.2. The summed E-state index contributed by atoms with van der Waals surface area (Å²) < 4.78 is 12.2. The summed E-state index contributed by atoms with van der Waals surface area (Å²) in [5.74, 6) is -0.771. The van der Waals surface area contributed by atoms with Gasteiger partial charge in [0.2, 0.25) is 11.8 Å². The summed E-state index contributed by atoms with van der Waals surface area (Å²) in [7, 11) is 3.44.